The van der Waals surface area contributed by atoms with Crippen molar-refractivity contribution < 1.29 is 23.4 Å². The van der Waals surface area contributed by atoms with E-state index in [9.17, 15) is 18.7 Å². The largest absolute Gasteiger partial charge is 0.493 e. The number of hydrogen-bond donors (Lipinski definition) is 1. The van der Waals surface area contributed by atoms with Crippen molar-refractivity contribution in [3.05, 3.63) is 64.8 Å². The van der Waals surface area contributed by atoms with Crippen LogP contribution in [0.3, 0.4) is 0 Å². The van der Waals surface area contributed by atoms with E-state index in [1.165, 1.54) is 42.1 Å². The molecule has 25 heavy (non-hydrogen) atoms. The van der Waals surface area contributed by atoms with E-state index in [1.54, 1.807) is 6.07 Å². The molecule has 0 radical (unpaired) electrons. The van der Waals surface area contributed by atoms with Crippen LogP contribution in [0.15, 0.2) is 42.5 Å². The number of halogens is 3. The van der Waals surface area contributed by atoms with Gasteiger partial charge in [-0.3, -0.25) is 0 Å². The van der Waals surface area contributed by atoms with Gasteiger partial charge in [0.05, 0.1) is 23.5 Å². The molecule has 2 aromatic carbocycles. The third kappa shape index (κ3) is 3.06. The van der Waals surface area contributed by atoms with Gasteiger partial charge in [-0.15, -0.1) is 0 Å². The van der Waals surface area contributed by atoms with Gasteiger partial charge in [0, 0.05) is 5.56 Å². The quantitative estimate of drug-likeness (QED) is 0.754. The van der Waals surface area contributed by atoms with Gasteiger partial charge in [0.1, 0.15) is 5.82 Å². The van der Waals surface area contributed by atoms with Crippen molar-refractivity contribution >= 4 is 17.6 Å². The summed E-state index contributed by atoms with van der Waals surface area (Å²) in [6.45, 7) is 0. The summed E-state index contributed by atoms with van der Waals surface area (Å²) < 4.78 is 33.8. The lowest BCUT2D eigenvalue weighted by atomic mass is 10.1. The summed E-state index contributed by atoms with van der Waals surface area (Å²) in [6.07, 6.45) is 0. The number of nitrogens with zero attached hydrogens (tertiary/aromatic N) is 2. The van der Waals surface area contributed by atoms with Gasteiger partial charge in [0.25, 0.3) is 0 Å². The first-order valence-corrected chi connectivity index (χ1v) is 7.42. The Morgan fingerprint density at radius 1 is 1.20 bits per heavy atom. The maximum Gasteiger partial charge on any atom is 0.356 e. The maximum absolute atomic E-state index is 14.0. The standard InChI is InChI=1S/C17H11ClF2N2O3/c1-25-16-10(3-2-4-13(16)20)15-8-14(17(23)24)21-22(15)9-5-6-12(19)11(18)7-9/h2-8H,1H3,(H,23,24). The number of carbonyl (C=O) groups is 1. The molecule has 0 spiro atoms. The molecule has 1 heterocycles. The van der Waals surface area contributed by atoms with Crippen LogP contribution in [-0.2, 0) is 0 Å². The van der Waals surface area contributed by atoms with Crippen LogP contribution < -0.4 is 4.74 Å². The van der Waals surface area contributed by atoms with Gasteiger partial charge in [0.15, 0.2) is 17.3 Å². The molecule has 3 rings (SSSR count). The molecule has 0 saturated heterocycles. The normalized spacial score (nSPS) is 10.7. The van der Waals surface area contributed by atoms with Crippen LogP contribution in [-0.4, -0.2) is 28.0 Å². The van der Waals surface area contributed by atoms with E-state index in [-0.39, 0.29) is 22.2 Å². The third-order valence-corrected chi connectivity index (χ3v) is 3.81. The van der Waals surface area contributed by atoms with E-state index in [2.05, 4.69) is 5.10 Å². The lowest BCUT2D eigenvalue weighted by Crippen LogP contribution is -2.03. The molecular formula is C17H11ClF2N2O3. The predicted octanol–water partition coefficient (Wildman–Crippen LogP) is 4.18. The van der Waals surface area contributed by atoms with Crippen molar-refractivity contribution in [2.24, 2.45) is 0 Å². The first kappa shape index (κ1) is 16.9. The van der Waals surface area contributed by atoms with E-state index in [4.69, 9.17) is 16.3 Å². The van der Waals surface area contributed by atoms with E-state index in [0.717, 1.165) is 6.07 Å². The van der Waals surface area contributed by atoms with Crippen LogP contribution in [0.1, 0.15) is 10.5 Å². The minimum absolute atomic E-state index is 0.0613. The number of carboxylic acid groups (broad SMARTS) is 1. The average Bonchev–Trinajstić information content (AvgIpc) is 3.02. The molecule has 3 aromatic rings. The maximum atomic E-state index is 14.0. The van der Waals surface area contributed by atoms with E-state index < -0.39 is 17.6 Å². The van der Waals surface area contributed by atoms with Crippen molar-refractivity contribution in [1.29, 1.82) is 0 Å². The average molecular weight is 365 g/mol. The van der Waals surface area contributed by atoms with Crippen LogP contribution >= 0.6 is 11.6 Å². The summed E-state index contributed by atoms with van der Waals surface area (Å²) in [6, 6.07) is 9.33. The van der Waals surface area contributed by atoms with Crippen LogP contribution in [0, 0.1) is 11.6 Å². The zero-order valence-corrected chi connectivity index (χ0v) is 13.6. The Bertz CT molecular complexity index is 973. The molecule has 0 bridgehead atoms. The van der Waals surface area contributed by atoms with E-state index in [1.807, 2.05) is 0 Å². The monoisotopic (exact) mass is 364 g/mol. The Balaban J connectivity index is 2.28. The molecule has 5 nitrogen and oxygen atoms in total. The first-order valence-electron chi connectivity index (χ1n) is 7.04. The third-order valence-electron chi connectivity index (χ3n) is 3.52. The number of aromatic carboxylic acids is 1. The Labute approximate surface area is 146 Å². The highest BCUT2D eigenvalue weighted by Gasteiger charge is 2.20. The molecule has 128 valence electrons. The molecule has 1 aromatic heterocycles. The second-order valence-electron chi connectivity index (χ2n) is 5.05. The van der Waals surface area contributed by atoms with Gasteiger partial charge < -0.3 is 9.84 Å². The fourth-order valence-electron chi connectivity index (χ4n) is 2.41. The Morgan fingerprint density at radius 2 is 1.96 bits per heavy atom. The summed E-state index contributed by atoms with van der Waals surface area (Å²) in [4.78, 5) is 11.3. The smallest absolute Gasteiger partial charge is 0.356 e. The number of para-hydroxylation sites is 1. The van der Waals surface area contributed by atoms with Crippen LogP contribution in [0.2, 0.25) is 5.02 Å². The molecule has 8 heteroatoms. The van der Waals surface area contributed by atoms with Gasteiger partial charge in [-0.05, 0) is 36.4 Å². The lowest BCUT2D eigenvalue weighted by molar-refractivity contribution is 0.0690. The molecule has 1 N–H and O–H groups in total. The number of aromatic nitrogens is 2. The summed E-state index contributed by atoms with van der Waals surface area (Å²) >= 11 is 5.80. The molecule has 0 aliphatic carbocycles. The summed E-state index contributed by atoms with van der Waals surface area (Å²) in [5.41, 5.74) is 0.612. The van der Waals surface area contributed by atoms with Gasteiger partial charge in [0.2, 0.25) is 0 Å². The van der Waals surface area contributed by atoms with Crippen molar-refractivity contribution in [1.82, 2.24) is 9.78 Å². The minimum Gasteiger partial charge on any atom is -0.493 e. The zero-order chi connectivity index (χ0) is 18.1. The molecule has 0 fully saturated rings. The van der Waals surface area contributed by atoms with Gasteiger partial charge in [-0.2, -0.15) is 5.10 Å². The predicted molar refractivity (Wildman–Crippen MR) is 87.4 cm³/mol. The van der Waals surface area contributed by atoms with Crippen molar-refractivity contribution in [3.8, 4) is 22.7 Å². The Morgan fingerprint density at radius 3 is 2.60 bits per heavy atom. The topological polar surface area (TPSA) is 64.3 Å². The Hall–Kier alpha value is -2.93. The highest BCUT2D eigenvalue weighted by atomic mass is 35.5. The Kier molecular flexibility index (Phi) is 4.41. The summed E-state index contributed by atoms with van der Waals surface area (Å²) in [5.74, 6) is -2.56. The molecule has 0 unspecified atom stereocenters. The molecule has 0 amide bonds. The van der Waals surface area contributed by atoms with E-state index >= 15 is 0 Å². The van der Waals surface area contributed by atoms with Crippen LogP contribution in [0.4, 0.5) is 8.78 Å². The fourth-order valence-corrected chi connectivity index (χ4v) is 2.58. The summed E-state index contributed by atoms with van der Waals surface area (Å²) in [5, 5.41) is 13.1. The second kappa shape index (κ2) is 6.52. The number of benzene rings is 2. The van der Waals surface area contributed by atoms with Gasteiger partial charge >= 0.3 is 5.97 Å². The number of methoxy groups -OCH3 is 1. The van der Waals surface area contributed by atoms with Crippen molar-refractivity contribution in [3.63, 3.8) is 0 Å². The molecule has 0 aliphatic rings. The molecule has 0 atom stereocenters. The number of hydrogen-bond acceptors (Lipinski definition) is 3. The highest BCUT2D eigenvalue weighted by molar-refractivity contribution is 6.30. The van der Waals surface area contributed by atoms with Crippen LogP contribution in [0.5, 0.6) is 5.75 Å². The SMILES string of the molecule is COc1c(F)cccc1-c1cc(C(=O)O)nn1-c1ccc(F)c(Cl)c1. The molecular weight excluding hydrogens is 354 g/mol. The van der Waals surface area contributed by atoms with Gasteiger partial charge in [-0.1, -0.05) is 17.7 Å². The van der Waals surface area contributed by atoms with Crippen molar-refractivity contribution in [2.75, 3.05) is 7.11 Å². The zero-order valence-electron chi connectivity index (χ0n) is 12.8. The number of rotatable bonds is 4. The van der Waals surface area contributed by atoms with Crippen LogP contribution in [0.25, 0.3) is 16.9 Å². The fraction of sp³-hybridized carbons (Fsp3) is 0.0588. The lowest BCUT2D eigenvalue weighted by Gasteiger charge is -2.12. The molecule has 0 saturated carbocycles. The minimum atomic E-state index is -1.26. The van der Waals surface area contributed by atoms with Crippen molar-refractivity contribution in [2.45, 2.75) is 0 Å². The number of ether oxygens (including phenoxy) is 1. The number of carboxylic acids is 1. The molecule has 0 aliphatic heterocycles. The first-order chi connectivity index (χ1) is 11.9. The van der Waals surface area contributed by atoms with Gasteiger partial charge in [-0.25, -0.2) is 18.3 Å². The highest BCUT2D eigenvalue weighted by Crippen LogP contribution is 2.34. The summed E-state index contributed by atoms with van der Waals surface area (Å²) in [7, 11) is 1.30. The second-order valence-corrected chi connectivity index (χ2v) is 5.46. The van der Waals surface area contributed by atoms with E-state index in [0.29, 0.717) is 11.3 Å².